The van der Waals surface area contributed by atoms with Gasteiger partial charge < -0.3 is 4.90 Å². The molecule has 0 spiro atoms. The van der Waals surface area contributed by atoms with Crippen molar-refractivity contribution < 1.29 is 4.39 Å². The second-order valence-corrected chi connectivity index (χ2v) is 7.71. The van der Waals surface area contributed by atoms with E-state index in [4.69, 9.17) is 16.6 Å². The molecule has 0 N–H and O–H groups in total. The van der Waals surface area contributed by atoms with E-state index in [1.54, 1.807) is 23.6 Å². The van der Waals surface area contributed by atoms with Gasteiger partial charge in [0, 0.05) is 28.8 Å². The van der Waals surface area contributed by atoms with E-state index in [1.165, 1.54) is 23.4 Å². The molecule has 2 aromatic rings. The van der Waals surface area contributed by atoms with Crippen LogP contribution in [0.2, 0.25) is 5.02 Å². The molecule has 2 unspecified atom stereocenters. The van der Waals surface area contributed by atoms with Crippen molar-refractivity contribution in [2.45, 2.75) is 40.2 Å². The van der Waals surface area contributed by atoms with Crippen LogP contribution in [0.25, 0.3) is 0 Å². The number of hydrogen-bond donors (Lipinski definition) is 0. The topological polar surface area (TPSA) is 28.5 Å². The van der Waals surface area contributed by atoms with Gasteiger partial charge in [-0.25, -0.2) is 9.37 Å². The van der Waals surface area contributed by atoms with Crippen LogP contribution in [0.1, 0.15) is 50.7 Å². The molecule has 1 fully saturated rings. The molecule has 138 valence electrons. The van der Waals surface area contributed by atoms with Gasteiger partial charge >= 0.3 is 0 Å². The van der Waals surface area contributed by atoms with E-state index in [0.717, 1.165) is 29.4 Å². The van der Waals surface area contributed by atoms with Crippen LogP contribution in [0.4, 0.5) is 4.39 Å². The number of aromatic nitrogens is 1. The van der Waals surface area contributed by atoms with Gasteiger partial charge in [0.15, 0.2) is 10.8 Å². The summed E-state index contributed by atoms with van der Waals surface area (Å²) in [4.78, 5) is 11.7. The third-order valence-corrected chi connectivity index (χ3v) is 5.71. The average Bonchev–Trinajstić information content (AvgIpc) is 3.28. The van der Waals surface area contributed by atoms with Crippen molar-refractivity contribution in [3.8, 4) is 0 Å². The first-order valence-electron chi connectivity index (χ1n) is 8.94. The third kappa shape index (κ3) is 3.42. The summed E-state index contributed by atoms with van der Waals surface area (Å²) in [6.07, 6.45) is 2.82. The minimum atomic E-state index is -0.329. The Labute approximate surface area is 163 Å². The van der Waals surface area contributed by atoms with Gasteiger partial charge in [0.2, 0.25) is 0 Å². The Morgan fingerprint density at radius 2 is 2.08 bits per heavy atom. The van der Waals surface area contributed by atoms with Gasteiger partial charge in [-0.3, -0.25) is 4.99 Å². The highest BCUT2D eigenvalue weighted by molar-refractivity contribution is 7.11. The summed E-state index contributed by atoms with van der Waals surface area (Å²) in [5.41, 5.74) is 3.33. The van der Waals surface area contributed by atoms with Crippen LogP contribution in [-0.2, 0) is 0 Å². The number of fused-ring (bicyclic) bond motifs is 1. The van der Waals surface area contributed by atoms with E-state index >= 15 is 0 Å². The molecule has 2 atom stereocenters. The Morgan fingerprint density at radius 1 is 1.31 bits per heavy atom. The molecule has 3 nitrogen and oxygen atoms in total. The van der Waals surface area contributed by atoms with Crippen LogP contribution >= 0.6 is 22.9 Å². The molecule has 2 aliphatic rings. The minimum Gasteiger partial charge on any atom is -0.328 e. The first-order chi connectivity index (χ1) is 12.5. The summed E-state index contributed by atoms with van der Waals surface area (Å²) < 4.78 is 13.4. The van der Waals surface area contributed by atoms with Gasteiger partial charge in [-0.1, -0.05) is 38.4 Å². The SMILES string of the molecule is CC.CC1=C2CC(C)CN2C(c2nccs2)=NC1c1ccc(F)cc1Cl. The number of nitrogens with zero attached hydrogens (tertiary/aromatic N) is 3. The molecule has 0 bridgehead atoms. The summed E-state index contributed by atoms with van der Waals surface area (Å²) >= 11 is 7.90. The van der Waals surface area contributed by atoms with E-state index in [9.17, 15) is 4.39 Å². The van der Waals surface area contributed by atoms with Gasteiger partial charge in [0.25, 0.3) is 0 Å². The molecule has 3 heterocycles. The van der Waals surface area contributed by atoms with Gasteiger partial charge in [0.1, 0.15) is 11.9 Å². The van der Waals surface area contributed by atoms with Crippen molar-refractivity contribution in [1.29, 1.82) is 0 Å². The van der Waals surface area contributed by atoms with Crippen molar-refractivity contribution >= 4 is 28.8 Å². The standard InChI is InChI=1S/C18H17ClFN3S.C2H6/c1-10-7-15-11(2)16(13-4-3-12(20)8-14(13)19)22-17(23(15)9-10)18-21-5-6-24-18;1-2/h3-6,8,10,16H,7,9H2,1-2H3;1-2H3. The lowest BCUT2D eigenvalue weighted by Crippen LogP contribution is -2.33. The first-order valence-corrected chi connectivity index (χ1v) is 10.2. The Kier molecular flexibility index (Phi) is 5.78. The van der Waals surface area contributed by atoms with Crippen LogP contribution in [0.5, 0.6) is 0 Å². The number of amidine groups is 1. The quantitative estimate of drug-likeness (QED) is 0.620. The average molecular weight is 392 g/mol. The van der Waals surface area contributed by atoms with Gasteiger partial charge in [-0.05, 0) is 42.5 Å². The fraction of sp³-hybridized carbons (Fsp3) is 0.400. The predicted molar refractivity (Wildman–Crippen MR) is 107 cm³/mol. The number of aliphatic imine (C=N–C) groups is 1. The Bertz CT molecular complexity index is 845. The molecule has 1 aromatic heterocycles. The van der Waals surface area contributed by atoms with Crippen LogP contribution in [-0.4, -0.2) is 22.3 Å². The lowest BCUT2D eigenvalue weighted by Gasteiger charge is -2.31. The smallest absolute Gasteiger partial charge is 0.165 e. The van der Waals surface area contributed by atoms with Crippen molar-refractivity contribution in [3.63, 3.8) is 0 Å². The summed E-state index contributed by atoms with van der Waals surface area (Å²) in [7, 11) is 0. The third-order valence-electron chi connectivity index (χ3n) is 4.61. The summed E-state index contributed by atoms with van der Waals surface area (Å²) in [5, 5.41) is 3.29. The Morgan fingerprint density at radius 3 is 2.73 bits per heavy atom. The highest BCUT2D eigenvalue weighted by Gasteiger charge is 2.36. The van der Waals surface area contributed by atoms with Gasteiger partial charge in [-0.2, -0.15) is 0 Å². The molecular formula is C20H23ClFN3S. The lowest BCUT2D eigenvalue weighted by atomic mass is 9.95. The van der Waals surface area contributed by atoms with Crippen molar-refractivity contribution in [2.75, 3.05) is 6.54 Å². The lowest BCUT2D eigenvalue weighted by molar-refractivity contribution is 0.509. The minimum absolute atomic E-state index is 0.187. The Hall–Kier alpha value is -1.72. The number of benzene rings is 1. The monoisotopic (exact) mass is 391 g/mol. The van der Waals surface area contributed by atoms with E-state index in [-0.39, 0.29) is 11.9 Å². The zero-order valence-corrected chi connectivity index (χ0v) is 17.0. The number of rotatable bonds is 2. The van der Waals surface area contributed by atoms with Crippen molar-refractivity contribution in [1.82, 2.24) is 9.88 Å². The molecule has 26 heavy (non-hydrogen) atoms. The number of allylic oxidation sites excluding steroid dienone is 1. The summed E-state index contributed by atoms with van der Waals surface area (Å²) in [6, 6.07) is 4.36. The Balaban J connectivity index is 0.000000948. The molecule has 0 aliphatic carbocycles. The molecule has 2 aliphatic heterocycles. The second kappa shape index (κ2) is 7.89. The highest BCUT2D eigenvalue weighted by Crippen LogP contribution is 2.42. The molecule has 0 radical (unpaired) electrons. The maximum atomic E-state index is 13.4. The largest absolute Gasteiger partial charge is 0.328 e. The van der Waals surface area contributed by atoms with Crippen LogP contribution < -0.4 is 0 Å². The predicted octanol–water partition coefficient (Wildman–Crippen LogP) is 6.08. The van der Waals surface area contributed by atoms with E-state index in [0.29, 0.717) is 10.9 Å². The number of hydrogen-bond acceptors (Lipinski definition) is 4. The van der Waals surface area contributed by atoms with Gasteiger partial charge in [-0.15, -0.1) is 11.3 Å². The maximum Gasteiger partial charge on any atom is 0.165 e. The zero-order chi connectivity index (χ0) is 18.8. The fourth-order valence-corrected chi connectivity index (χ4v) is 4.40. The molecule has 0 saturated carbocycles. The van der Waals surface area contributed by atoms with Crippen LogP contribution in [0.15, 0.2) is 46.0 Å². The highest BCUT2D eigenvalue weighted by atomic mass is 35.5. The molecular weight excluding hydrogens is 369 g/mol. The van der Waals surface area contributed by atoms with E-state index in [1.807, 2.05) is 19.2 Å². The molecule has 0 amide bonds. The summed E-state index contributed by atoms with van der Waals surface area (Å²) in [6.45, 7) is 9.31. The first kappa shape index (κ1) is 19.1. The normalized spacial score (nSPS) is 21.9. The fourth-order valence-electron chi connectivity index (χ4n) is 3.49. The molecule has 6 heteroatoms. The molecule has 1 aromatic carbocycles. The molecule has 1 saturated heterocycles. The zero-order valence-electron chi connectivity index (χ0n) is 15.5. The molecule has 4 rings (SSSR count). The number of halogens is 2. The van der Waals surface area contributed by atoms with Gasteiger partial charge in [0.05, 0.1) is 0 Å². The van der Waals surface area contributed by atoms with Crippen molar-refractivity contribution in [2.24, 2.45) is 10.9 Å². The van der Waals surface area contributed by atoms with E-state index < -0.39 is 0 Å². The van der Waals surface area contributed by atoms with Crippen molar-refractivity contribution in [3.05, 3.63) is 62.5 Å². The number of thiazole rings is 1. The summed E-state index contributed by atoms with van der Waals surface area (Å²) in [5.74, 6) is 1.15. The maximum absolute atomic E-state index is 13.4. The van der Waals surface area contributed by atoms with Crippen LogP contribution in [0, 0.1) is 11.7 Å². The van der Waals surface area contributed by atoms with E-state index in [2.05, 4.69) is 23.7 Å². The van der Waals surface area contributed by atoms with Crippen LogP contribution in [0.3, 0.4) is 0 Å². The second-order valence-electron chi connectivity index (χ2n) is 6.41.